The first-order chi connectivity index (χ1) is 9.65. The Hall–Kier alpha value is -1.12. The van der Waals surface area contributed by atoms with Crippen molar-refractivity contribution in [3.63, 3.8) is 0 Å². The van der Waals surface area contributed by atoms with Crippen molar-refractivity contribution in [2.75, 3.05) is 6.61 Å². The molecule has 21 heavy (non-hydrogen) atoms. The summed E-state index contributed by atoms with van der Waals surface area (Å²) in [5, 5.41) is 0. The lowest BCUT2D eigenvalue weighted by Crippen LogP contribution is -2.43. The number of allylic oxidation sites excluding steroid dienone is 1. The third-order valence-corrected chi connectivity index (χ3v) is 5.01. The number of carbonyl (C=O) groups excluding carboxylic acids is 2. The topological polar surface area (TPSA) is 43.4 Å². The molecule has 0 heterocycles. The molecule has 1 rings (SSSR count). The molecule has 1 aliphatic rings. The second-order valence-electron chi connectivity index (χ2n) is 7.51. The lowest BCUT2D eigenvalue weighted by atomic mass is 9.65. The van der Waals surface area contributed by atoms with Crippen LogP contribution < -0.4 is 0 Å². The first-order valence-electron chi connectivity index (χ1n) is 7.98. The maximum atomic E-state index is 12.6. The van der Waals surface area contributed by atoms with Crippen LogP contribution in [-0.2, 0) is 14.3 Å². The van der Waals surface area contributed by atoms with Crippen LogP contribution in [-0.4, -0.2) is 18.4 Å². The molecule has 0 radical (unpaired) electrons. The Morgan fingerprint density at radius 2 is 2.10 bits per heavy atom. The zero-order chi connectivity index (χ0) is 16.3. The van der Waals surface area contributed by atoms with E-state index < -0.39 is 5.41 Å². The van der Waals surface area contributed by atoms with Crippen LogP contribution >= 0.6 is 0 Å². The molecule has 0 spiro atoms. The van der Waals surface area contributed by atoms with E-state index in [2.05, 4.69) is 6.58 Å². The Kier molecular flexibility index (Phi) is 5.77. The fourth-order valence-corrected chi connectivity index (χ4v) is 2.80. The van der Waals surface area contributed by atoms with Gasteiger partial charge in [-0.05, 0) is 45.4 Å². The van der Waals surface area contributed by atoms with Crippen molar-refractivity contribution < 1.29 is 14.3 Å². The molecule has 120 valence electrons. The fourth-order valence-electron chi connectivity index (χ4n) is 2.80. The predicted molar refractivity (Wildman–Crippen MR) is 84.8 cm³/mol. The quantitative estimate of drug-likeness (QED) is 0.545. The molecule has 3 nitrogen and oxygen atoms in total. The fraction of sp³-hybridized carbons (Fsp3) is 0.778. The Labute approximate surface area is 129 Å². The largest absolute Gasteiger partial charge is 0.465 e. The third-order valence-electron chi connectivity index (χ3n) is 5.01. The van der Waals surface area contributed by atoms with Gasteiger partial charge in [0.05, 0.1) is 11.3 Å². The van der Waals surface area contributed by atoms with E-state index in [-0.39, 0.29) is 35.6 Å². The Bertz CT molecular complexity index is 407. The van der Waals surface area contributed by atoms with Crippen LogP contribution in [0.4, 0.5) is 0 Å². The molecule has 0 aromatic rings. The maximum absolute atomic E-state index is 12.6. The molecule has 0 saturated heterocycles. The predicted octanol–water partition coefficient (Wildman–Crippen LogP) is 4.16. The minimum absolute atomic E-state index is 0.191. The molecule has 0 N–H and O–H groups in total. The van der Waals surface area contributed by atoms with Gasteiger partial charge in [0, 0.05) is 5.41 Å². The highest BCUT2D eigenvalue weighted by molar-refractivity contribution is 5.87. The molecule has 0 unspecified atom stereocenters. The van der Waals surface area contributed by atoms with Crippen molar-refractivity contribution in [3.8, 4) is 0 Å². The first-order valence-corrected chi connectivity index (χ1v) is 7.98. The molecule has 2 atom stereocenters. The van der Waals surface area contributed by atoms with Crippen LogP contribution in [0.5, 0.6) is 0 Å². The molecule has 3 heteroatoms. The number of ether oxygens (including phenoxy) is 1. The van der Waals surface area contributed by atoms with Crippen LogP contribution in [0.1, 0.15) is 60.3 Å². The van der Waals surface area contributed by atoms with Crippen molar-refractivity contribution in [2.24, 2.45) is 22.7 Å². The summed E-state index contributed by atoms with van der Waals surface area (Å²) in [6.45, 7) is 13.7. The van der Waals surface area contributed by atoms with Crippen LogP contribution in [0.25, 0.3) is 0 Å². The summed E-state index contributed by atoms with van der Waals surface area (Å²) in [7, 11) is 0. The van der Waals surface area contributed by atoms with E-state index in [4.69, 9.17) is 4.74 Å². The molecular weight excluding hydrogens is 264 g/mol. The lowest BCUT2D eigenvalue weighted by molar-refractivity contribution is -0.159. The van der Waals surface area contributed by atoms with E-state index in [1.54, 1.807) is 0 Å². The minimum atomic E-state index is -0.485. The van der Waals surface area contributed by atoms with Gasteiger partial charge in [0.25, 0.3) is 0 Å². The highest BCUT2D eigenvalue weighted by atomic mass is 16.5. The van der Waals surface area contributed by atoms with Crippen molar-refractivity contribution in [3.05, 3.63) is 12.7 Å². The number of hydrogen-bond donors (Lipinski definition) is 0. The summed E-state index contributed by atoms with van der Waals surface area (Å²) >= 11 is 0. The van der Waals surface area contributed by atoms with Gasteiger partial charge in [0.15, 0.2) is 0 Å². The van der Waals surface area contributed by atoms with Gasteiger partial charge >= 0.3 is 5.97 Å². The van der Waals surface area contributed by atoms with Gasteiger partial charge in [-0.2, -0.15) is 0 Å². The van der Waals surface area contributed by atoms with E-state index in [1.165, 1.54) is 0 Å². The smallest absolute Gasteiger partial charge is 0.311 e. The van der Waals surface area contributed by atoms with Crippen LogP contribution in [0.15, 0.2) is 12.7 Å². The van der Waals surface area contributed by atoms with Gasteiger partial charge in [-0.3, -0.25) is 9.59 Å². The highest BCUT2D eigenvalue weighted by Crippen LogP contribution is 2.40. The number of rotatable bonds is 6. The molecular formula is C18H30O3. The Balaban J connectivity index is 2.77. The summed E-state index contributed by atoms with van der Waals surface area (Å²) in [5.74, 6) is 0.0742. The lowest BCUT2D eigenvalue weighted by Gasteiger charge is -2.39. The van der Waals surface area contributed by atoms with E-state index in [1.807, 2.05) is 40.7 Å². The van der Waals surface area contributed by atoms with Gasteiger partial charge in [-0.1, -0.05) is 26.8 Å². The first kappa shape index (κ1) is 17.9. The summed E-state index contributed by atoms with van der Waals surface area (Å²) in [5.41, 5.74) is -0.795. The summed E-state index contributed by atoms with van der Waals surface area (Å²) in [4.78, 5) is 24.8. The van der Waals surface area contributed by atoms with Crippen LogP contribution in [0, 0.1) is 22.7 Å². The van der Waals surface area contributed by atoms with Crippen molar-refractivity contribution in [1.82, 2.24) is 0 Å². The number of esters is 1. The van der Waals surface area contributed by atoms with Gasteiger partial charge in [-0.15, -0.1) is 6.58 Å². The monoisotopic (exact) mass is 294 g/mol. The number of hydrogen-bond acceptors (Lipinski definition) is 3. The van der Waals surface area contributed by atoms with Crippen molar-refractivity contribution in [2.45, 2.75) is 60.3 Å². The zero-order valence-corrected chi connectivity index (χ0v) is 14.2. The van der Waals surface area contributed by atoms with Gasteiger partial charge in [0.2, 0.25) is 0 Å². The van der Waals surface area contributed by atoms with E-state index in [0.29, 0.717) is 0 Å². The standard InChI is InChI=1S/C18H30O3/c1-7-9-13-10-11-18(5,6)15(19)14(13)12-21-16(20)17(3,4)8-2/h7,13-14H,1,8-12H2,2-6H3/t13-,14+/m1/s1. The highest BCUT2D eigenvalue weighted by Gasteiger charge is 2.43. The minimum Gasteiger partial charge on any atom is -0.465 e. The second-order valence-corrected chi connectivity index (χ2v) is 7.51. The maximum Gasteiger partial charge on any atom is 0.311 e. The molecule has 1 fully saturated rings. The average Bonchev–Trinajstić information content (AvgIpc) is 2.42. The van der Waals surface area contributed by atoms with E-state index in [0.717, 1.165) is 25.7 Å². The molecule has 0 bridgehead atoms. The van der Waals surface area contributed by atoms with Gasteiger partial charge in [0.1, 0.15) is 12.4 Å². The molecule has 0 aromatic carbocycles. The molecule has 1 aliphatic carbocycles. The van der Waals surface area contributed by atoms with Crippen molar-refractivity contribution in [1.29, 1.82) is 0 Å². The molecule has 0 aliphatic heterocycles. The average molecular weight is 294 g/mol. The molecule has 0 amide bonds. The SMILES string of the molecule is C=CC[C@@H]1CCC(C)(C)C(=O)[C@H]1COC(=O)C(C)(C)CC. The van der Waals surface area contributed by atoms with Crippen molar-refractivity contribution >= 4 is 11.8 Å². The van der Waals surface area contributed by atoms with Gasteiger partial charge < -0.3 is 4.74 Å². The Morgan fingerprint density at radius 3 is 2.62 bits per heavy atom. The van der Waals surface area contributed by atoms with Crippen LogP contribution in [0.3, 0.4) is 0 Å². The number of ketones is 1. The number of carbonyl (C=O) groups is 2. The molecule has 0 aromatic heterocycles. The summed E-state index contributed by atoms with van der Waals surface area (Å²) in [6.07, 6.45) is 5.29. The zero-order valence-electron chi connectivity index (χ0n) is 14.2. The normalized spacial score (nSPS) is 25.5. The summed E-state index contributed by atoms with van der Waals surface area (Å²) in [6, 6.07) is 0. The summed E-state index contributed by atoms with van der Waals surface area (Å²) < 4.78 is 5.48. The second kappa shape index (κ2) is 6.76. The third kappa shape index (κ3) is 4.18. The van der Waals surface area contributed by atoms with Crippen LogP contribution in [0.2, 0.25) is 0 Å². The van der Waals surface area contributed by atoms with E-state index >= 15 is 0 Å². The van der Waals surface area contributed by atoms with Gasteiger partial charge in [-0.25, -0.2) is 0 Å². The number of Topliss-reactive ketones (excluding diaryl/α,β-unsaturated/α-hetero) is 1. The van der Waals surface area contributed by atoms with E-state index in [9.17, 15) is 9.59 Å². The Morgan fingerprint density at radius 1 is 1.48 bits per heavy atom. The molecule has 1 saturated carbocycles.